The first-order valence-corrected chi connectivity index (χ1v) is 6.18. The van der Waals surface area contributed by atoms with Crippen LogP contribution in [0.15, 0.2) is 0 Å². The van der Waals surface area contributed by atoms with E-state index in [0.717, 1.165) is 65.0 Å². The summed E-state index contributed by atoms with van der Waals surface area (Å²) in [5.74, 6) is 0. The quantitative estimate of drug-likeness (QED) is 0.511. The monoisotopic (exact) mass is 218 g/mol. The highest BCUT2D eigenvalue weighted by Gasteiger charge is 1.91. The van der Waals surface area contributed by atoms with Crippen molar-refractivity contribution >= 4 is 0 Å². The van der Waals surface area contributed by atoms with E-state index in [-0.39, 0.29) is 0 Å². The van der Waals surface area contributed by atoms with Gasteiger partial charge in [0.2, 0.25) is 0 Å². The topological polar surface area (TPSA) is 38.7 Å². The second kappa shape index (κ2) is 13.9. The lowest BCUT2D eigenvalue weighted by atomic mass is 10.2. The van der Waals surface area contributed by atoms with Crippen molar-refractivity contribution in [2.75, 3.05) is 33.0 Å². The molecular weight excluding hydrogens is 192 g/mol. The number of hydrogen-bond donors (Lipinski definition) is 1. The molecule has 0 amide bonds. The third-order valence-electron chi connectivity index (χ3n) is 2.12. The van der Waals surface area contributed by atoms with Gasteiger partial charge in [0.25, 0.3) is 0 Å². The average Bonchev–Trinajstić information content (AvgIpc) is 2.26. The van der Waals surface area contributed by atoms with E-state index in [4.69, 9.17) is 14.6 Å². The van der Waals surface area contributed by atoms with E-state index in [1.807, 2.05) is 0 Å². The first-order valence-electron chi connectivity index (χ1n) is 6.18. The highest BCUT2D eigenvalue weighted by molar-refractivity contribution is 4.42. The molecule has 0 aromatic rings. The standard InChI is InChI=1S/C12H26O3/c1-2-9-14-11-7-12-15-10-6-4-3-5-8-13/h13H,2-12H2,1H3. The van der Waals surface area contributed by atoms with Gasteiger partial charge in [0.05, 0.1) is 0 Å². The maximum Gasteiger partial charge on any atom is 0.0487 e. The Kier molecular flexibility index (Phi) is 13.8. The molecule has 0 rings (SSSR count). The molecular formula is C12H26O3. The molecule has 0 radical (unpaired) electrons. The summed E-state index contributed by atoms with van der Waals surface area (Å²) < 4.78 is 10.8. The summed E-state index contributed by atoms with van der Waals surface area (Å²) in [5, 5.41) is 8.56. The van der Waals surface area contributed by atoms with Crippen molar-refractivity contribution in [1.29, 1.82) is 0 Å². The zero-order chi connectivity index (χ0) is 11.2. The molecule has 0 spiro atoms. The smallest absolute Gasteiger partial charge is 0.0487 e. The summed E-state index contributed by atoms with van der Waals surface area (Å²) in [6.07, 6.45) is 6.38. The van der Waals surface area contributed by atoms with Gasteiger partial charge in [-0.2, -0.15) is 0 Å². The molecule has 0 aliphatic rings. The van der Waals surface area contributed by atoms with Gasteiger partial charge in [0.1, 0.15) is 0 Å². The van der Waals surface area contributed by atoms with Gasteiger partial charge in [-0.3, -0.25) is 0 Å². The van der Waals surface area contributed by atoms with Gasteiger partial charge in [0, 0.05) is 33.0 Å². The Bertz CT molecular complexity index is 95.0. The summed E-state index contributed by atoms with van der Waals surface area (Å²) in [6, 6.07) is 0. The largest absolute Gasteiger partial charge is 0.396 e. The number of aliphatic hydroxyl groups is 1. The van der Waals surface area contributed by atoms with E-state index < -0.39 is 0 Å². The lowest BCUT2D eigenvalue weighted by Gasteiger charge is -2.04. The molecule has 0 saturated carbocycles. The Morgan fingerprint density at radius 2 is 1.33 bits per heavy atom. The minimum atomic E-state index is 0.315. The maximum atomic E-state index is 8.56. The van der Waals surface area contributed by atoms with Gasteiger partial charge >= 0.3 is 0 Å². The lowest BCUT2D eigenvalue weighted by molar-refractivity contribution is 0.0812. The number of ether oxygens (including phenoxy) is 2. The summed E-state index contributed by atoms with van der Waals surface area (Å²) in [7, 11) is 0. The Morgan fingerprint density at radius 3 is 2.00 bits per heavy atom. The zero-order valence-corrected chi connectivity index (χ0v) is 10.0. The van der Waals surface area contributed by atoms with E-state index in [1.54, 1.807) is 0 Å². The van der Waals surface area contributed by atoms with Gasteiger partial charge in [-0.15, -0.1) is 0 Å². The van der Waals surface area contributed by atoms with Crippen molar-refractivity contribution in [3.05, 3.63) is 0 Å². The minimum absolute atomic E-state index is 0.315. The fraction of sp³-hybridized carbons (Fsp3) is 1.00. The van der Waals surface area contributed by atoms with Gasteiger partial charge in [-0.1, -0.05) is 19.8 Å². The SMILES string of the molecule is CCCOCCCOCCCCCCO. The van der Waals surface area contributed by atoms with Crippen LogP contribution in [-0.4, -0.2) is 38.1 Å². The average molecular weight is 218 g/mol. The second-order valence-corrected chi connectivity index (χ2v) is 3.72. The molecule has 3 nitrogen and oxygen atoms in total. The van der Waals surface area contributed by atoms with Crippen LogP contribution < -0.4 is 0 Å². The third kappa shape index (κ3) is 13.9. The Labute approximate surface area is 93.8 Å². The lowest BCUT2D eigenvalue weighted by Crippen LogP contribution is -2.02. The molecule has 1 N–H and O–H groups in total. The third-order valence-corrected chi connectivity index (χ3v) is 2.12. The van der Waals surface area contributed by atoms with Crippen LogP contribution in [0.5, 0.6) is 0 Å². The summed E-state index contributed by atoms with van der Waals surface area (Å²) in [4.78, 5) is 0. The van der Waals surface area contributed by atoms with E-state index in [0.29, 0.717) is 6.61 Å². The van der Waals surface area contributed by atoms with Crippen LogP contribution in [0, 0.1) is 0 Å². The van der Waals surface area contributed by atoms with Crippen molar-refractivity contribution < 1.29 is 14.6 Å². The summed E-state index contributed by atoms with van der Waals surface area (Å²) >= 11 is 0. The van der Waals surface area contributed by atoms with Crippen molar-refractivity contribution in [2.45, 2.75) is 45.4 Å². The fourth-order valence-electron chi connectivity index (χ4n) is 1.28. The van der Waals surface area contributed by atoms with Crippen molar-refractivity contribution in [1.82, 2.24) is 0 Å². The van der Waals surface area contributed by atoms with Crippen LogP contribution >= 0.6 is 0 Å². The molecule has 0 fully saturated rings. The van der Waals surface area contributed by atoms with Crippen LogP contribution in [0.3, 0.4) is 0 Å². The highest BCUT2D eigenvalue weighted by atomic mass is 16.5. The molecule has 0 atom stereocenters. The molecule has 0 aromatic carbocycles. The first-order chi connectivity index (χ1) is 7.41. The van der Waals surface area contributed by atoms with Crippen LogP contribution in [0.2, 0.25) is 0 Å². The molecule has 0 aliphatic heterocycles. The van der Waals surface area contributed by atoms with E-state index in [9.17, 15) is 0 Å². The molecule has 15 heavy (non-hydrogen) atoms. The summed E-state index contributed by atoms with van der Waals surface area (Å²) in [5.41, 5.74) is 0. The molecule has 0 aliphatic carbocycles. The van der Waals surface area contributed by atoms with Gasteiger partial charge in [-0.05, 0) is 25.7 Å². The molecule has 0 bridgehead atoms. The van der Waals surface area contributed by atoms with E-state index in [1.165, 1.54) is 0 Å². The molecule has 0 unspecified atom stereocenters. The highest BCUT2D eigenvalue weighted by Crippen LogP contribution is 1.99. The minimum Gasteiger partial charge on any atom is -0.396 e. The summed E-state index contributed by atoms with van der Waals surface area (Å²) in [6.45, 7) is 5.76. The van der Waals surface area contributed by atoms with E-state index >= 15 is 0 Å². The number of unbranched alkanes of at least 4 members (excludes halogenated alkanes) is 3. The van der Waals surface area contributed by atoms with Gasteiger partial charge < -0.3 is 14.6 Å². The fourth-order valence-corrected chi connectivity index (χ4v) is 1.28. The number of aliphatic hydroxyl groups excluding tert-OH is 1. The zero-order valence-electron chi connectivity index (χ0n) is 10.0. The Balaban J connectivity index is 2.81. The van der Waals surface area contributed by atoms with Crippen LogP contribution in [-0.2, 0) is 9.47 Å². The number of rotatable bonds is 12. The Morgan fingerprint density at radius 1 is 0.733 bits per heavy atom. The van der Waals surface area contributed by atoms with Crippen LogP contribution in [0.1, 0.15) is 45.4 Å². The molecule has 0 heterocycles. The van der Waals surface area contributed by atoms with Gasteiger partial charge in [0.15, 0.2) is 0 Å². The molecule has 92 valence electrons. The predicted molar refractivity (Wildman–Crippen MR) is 62.1 cm³/mol. The molecule has 0 aromatic heterocycles. The predicted octanol–water partition coefficient (Wildman–Crippen LogP) is 2.37. The maximum absolute atomic E-state index is 8.56. The van der Waals surface area contributed by atoms with Crippen molar-refractivity contribution in [3.63, 3.8) is 0 Å². The second-order valence-electron chi connectivity index (χ2n) is 3.72. The van der Waals surface area contributed by atoms with Crippen LogP contribution in [0.25, 0.3) is 0 Å². The number of hydrogen-bond acceptors (Lipinski definition) is 3. The molecule has 3 heteroatoms. The van der Waals surface area contributed by atoms with Crippen LogP contribution in [0.4, 0.5) is 0 Å². The normalized spacial score (nSPS) is 10.8. The first kappa shape index (κ1) is 14.9. The Hall–Kier alpha value is -0.120. The molecule has 0 saturated heterocycles. The van der Waals surface area contributed by atoms with E-state index in [2.05, 4.69) is 6.92 Å². The van der Waals surface area contributed by atoms with Gasteiger partial charge in [-0.25, -0.2) is 0 Å². The van der Waals surface area contributed by atoms with Crippen molar-refractivity contribution in [3.8, 4) is 0 Å². The van der Waals surface area contributed by atoms with Crippen molar-refractivity contribution in [2.24, 2.45) is 0 Å².